The molecular formula is C11H12N4O2. The normalized spacial score (nSPS) is 18.7. The number of carbonyl (C=O) groups excluding carboxylic acids is 1. The second kappa shape index (κ2) is 4.04. The summed E-state index contributed by atoms with van der Waals surface area (Å²) in [5.74, 6) is 0.421. The third-order valence-electron chi connectivity index (χ3n) is 3.05. The minimum absolute atomic E-state index is 0.0147. The van der Waals surface area contributed by atoms with Gasteiger partial charge in [-0.25, -0.2) is 4.98 Å². The maximum atomic E-state index is 12.0. The molecule has 0 saturated heterocycles. The molecule has 0 radical (unpaired) electrons. The number of hydrogen-bond acceptors (Lipinski definition) is 4. The van der Waals surface area contributed by atoms with Gasteiger partial charge in [0.1, 0.15) is 6.26 Å². The fraction of sp³-hybridized carbons (Fsp3) is 0.364. The Balaban J connectivity index is 1.68. The third-order valence-corrected chi connectivity index (χ3v) is 3.05. The summed E-state index contributed by atoms with van der Waals surface area (Å²) in [5.41, 5.74) is 2.15. The lowest BCUT2D eigenvalue weighted by Gasteiger charge is -2.19. The van der Waals surface area contributed by atoms with Gasteiger partial charge in [-0.15, -0.1) is 0 Å². The van der Waals surface area contributed by atoms with E-state index in [2.05, 4.69) is 25.0 Å². The molecule has 1 atom stereocenters. The van der Waals surface area contributed by atoms with Crippen molar-refractivity contribution in [3.63, 3.8) is 0 Å². The zero-order valence-electron chi connectivity index (χ0n) is 9.14. The summed E-state index contributed by atoms with van der Waals surface area (Å²) in [6, 6.07) is 1.63. The molecule has 3 rings (SSSR count). The van der Waals surface area contributed by atoms with Crippen molar-refractivity contribution in [3.05, 3.63) is 30.0 Å². The molecule has 0 aromatic carbocycles. The van der Waals surface area contributed by atoms with Crippen LogP contribution < -0.4 is 5.32 Å². The number of nitrogens with one attached hydrogen (secondary N) is 2. The summed E-state index contributed by atoms with van der Waals surface area (Å²) in [7, 11) is 0. The van der Waals surface area contributed by atoms with Crippen LogP contribution in [0.3, 0.4) is 0 Å². The van der Waals surface area contributed by atoms with Crippen LogP contribution in [-0.2, 0) is 17.6 Å². The Morgan fingerprint density at radius 2 is 2.53 bits per heavy atom. The first-order valence-electron chi connectivity index (χ1n) is 5.55. The molecule has 2 heterocycles. The van der Waals surface area contributed by atoms with Crippen molar-refractivity contribution >= 4 is 11.7 Å². The molecule has 0 spiro atoms. The number of rotatable bonds is 2. The monoisotopic (exact) mass is 232 g/mol. The van der Waals surface area contributed by atoms with E-state index >= 15 is 0 Å². The topological polar surface area (TPSA) is 83.8 Å². The first-order chi connectivity index (χ1) is 8.33. The molecule has 2 N–H and O–H groups in total. The van der Waals surface area contributed by atoms with E-state index in [1.54, 1.807) is 12.4 Å². The van der Waals surface area contributed by atoms with Crippen LogP contribution in [0.4, 0.5) is 5.82 Å². The number of aromatic nitrogens is 3. The Morgan fingerprint density at radius 1 is 1.59 bits per heavy atom. The Labute approximate surface area is 97.4 Å². The molecule has 0 aliphatic heterocycles. The number of imidazole rings is 1. The minimum atomic E-state index is -0.0281. The van der Waals surface area contributed by atoms with E-state index in [4.69, 9.17) is 0 Å². The summed E-state index contributed by atoms with van der Waals surface area (Å²) in [6.07, 6.45) is 5.49. The zero-order chi connectivity index (χ0) is 11.7. The average Bonchev–Trinajstić information content (AvgIpc) is 2.97. The second-order valence-corrected chi connectivity index (χ2v) is 4.14. The molecule has 0 saturated carbocycles. The van der Waals surface area contributed by atoms with Crippen molar-refractivity contribution in [2.75, 3.05) is 5.32 Å². The Kier molecular flexibility index (Phi) is 2.40. The van der Waals surface area contributed by atoms with Gasteiger partial charge in [-0.1, -0.05) is 5.16 Å². The Hall–Kier alpha value is -2.11. The first-order valence-corrected chi connectivity index (χ1v) is 5.55. The van der Waals surface area contributed by atoms with Crippen LogP contribution in [0, 0.1) is 5.92 Å². The number of anilines is 1. The number of aromatic amines is 1. The van der Waals surface area contributed by atoms with Crippen molar-refractivity contribution < 1.29 is 9.32 Å². The SMILES string of the molecule is O=C(Nc1ccon1)C1CCc2nc[nH]c2C1. The number of aryl methyl sites for hydroxylation is 1. The van der Waals surface area contributed by atoms with E-state index in [0.29, 0.717) is 12.2 Å². The molecule has 1 aliphatic rings. The molecule has 1 unspecified atom stereocenters. The molecule has 2 aromatic rings. The van der Waals surface area contributed by atoms with Gasteiger partial charge in [0.15, 0.2) is 5.82 Å². The first kappa shape index (κ1) is 10.1. The van der Waals surface area contributed by atoms with Crippen LogP contribution in [-0.4, -0.2) is 21.0 Å². The van der Waals surface area contributed by atoms with Crippen LogP contribution in [0.2, 0.25) is 0 Å². The van der Waals surface area contributed by atoms with E-state index in [9.17, 15) is 4.79 Å². The van der Waals surface area contributed by atoms with Gasteiger partial charge in [0.2, 0.25) is 5.91 Å². The summed E-state index contributed by atoms with van der Waals surface area (Å²) in [5, 5.41) is 6.39. The molecule has 88 valence electrons. The van der Waals surface area contributed by atoms with Crippen LogP contribution in [0.15, 0.2) is 23.2 Å². The second-order valence-electron chi connectivity index (χ2n) is 4.14. The number of H-pyrrole nitrogens is 1. The smallest absolute Gasteiger partial charge is 0.229 e. The summed E-state index contributed by atoms with van der Waals surface area (Å²) < 4.78 is 4.67. The standard InChI is InChI=1S/C11H12N4O2/c16-11(14-10-3-4-17-15-10)7-1-2-8-9(5-7)13-6-12-8/h3-4,6-7H,1-2,5H2,(H,12,13)(H,14,15,16). The molecule has 2 aromatic heterocycles. The van der Waals surface area contributed by atoms with Gasteiger partial charge in [-0.3, -0.25) is 4.79 Å². The number of amides is 1. The van der Waals surface area contributed by atoms with Crippen molar-refractivity contribution in [2.24, 2.45) is 5.92 Å². The van der Waals surface area contributed by atoms with Crippen molar-refractivity contribution in [1.82, 2.24) is 15.1 Å². The lowest BCUT2D eigenvalue weighted by Crippen LogP contribution is -2.28. The van der Waals surface area contributed by atoms with E-state index in [0.717, 1.165) is 24.2 Å². The van der Waals surface area contributed by atoms with E-state index in [-0.39, 0.29) is 11.8 Å². The lowest BCUT2D eigenvalue weighted by molar-refractivity contribution is -0.120. The lowest BCUT2D eigenvalue weighted by atomic mass is 9.89. The fourth-order valence-corrected chi connectivity index (χ4v) is 2.13. The number of hydrogen-bond donors (Lipinski definition) is 2. The molecular weight excluding hydrogens is 220 g/mol. The zero-order valence-corrected chi connectivity index (χ0v) is 9.14. The van der Waals surface area contributed by atoms with Crippen molar-refractivity contribution in [3.8, 4) is 0 Å². The molecule has 1 amide bonds. The van der Waals surface area contributed by atoms with E-state index in [1.807, 2.05) is 0 Å². The van der Waals surface area contributed by atoms with E-state index < -0.39 is 0 Å². The molecule has 6 heteroatoms. The predicted octanol–water partition coefficient (Wildman–Crippen LogP) is 1.14. The minimum Gasteiger partial charge on any atom is -0.363 e. The average molecular weight is 232 g/mol. The van der Waals surface area contributed by atoms with Gasteiger partial charge >= 0.3 is 0 Å². The molecule has 0 bridgehead atoms. The van der Waals surface area contributed by atoms with Gasteiger partial charge in [-0.05, 0) is 12.8 Å². The van der Waals surface area contributed by atoms with Crippen molar-refractivity contribution in [2.45, 2.75) is 19.3 Å². The Bertz CT molecular complexity index is 517. The highest BCUT2D eigenvalue weighted by Crippen LogP contribution is 2.23. The maximum Gasteiger partial charge on any atom is 0.229 e. The molecule has 17 heavy (non-hydrogen) atoms. The van der Waals surface area contributed by atoms with Crippen LogP contribution >= 0.6 is 0 Å². The highest BCUT2D eigenvalue weighted by molar-refractivity contribution is 5.91. The van der Waals surface area contributed by atoms with Crippen molar-refractivity contribution in [1.29, 1.82) is 0 Å². The number of nitrogens with zero attached hydrogens (tertiary/aromatic N) is 2. The van der Waals surface area contributed by atoms with Gasteiger partial charge in [0.05, 0.1) is 12.0 Å². The van der Waals surface area contributed by atoms with Crippen LogP contribution in [0.1, 0.15) is 17.8 Å². The summed E-state index contributed by atoms with van der Waals surface area (Å²) in [4.78, 5) is 19.3. The summed E-state index contributed by atoms with van der Waals surface area (Å²) >= 11 is 0. The summed E-state index contributed by atoms with van der Waals surface area (Å²) in [6.45, 7) is 0. The Morgan fingerprint density at radius 3 is 3.35 bits per heavy atom. The highest BCUT2D eigenvalue weighted by Gasteiger charge is 2.26. The molecule has 6 nitrogen and oxygen atoms in total. The predicted molar refractivity (Wildman–Crippen MR) is 59.2 cm³/mol. The van der Waals surface area contributed by atoms with Gasteiger partial charge in [0, 0.05) is 24.1 Å². The van der Waals surface area contributed by atoms with Crippen LogP contribution in [0.25, 0.3) is 0 Å². The van der Waals surface area contributed by atoms with Gasteiger partial charge in [0.25, 0.3) is 0 Å². The van der Waals surface area contributed by atoms with Gasteiger partial charge in [-0.2, -0.15) is 0 Å². The van der Waals surface area contributed by atoms with Crippen LogP contribution in [0.5, 0.6) is 0 Å². The number of fused-ring (bicyclic) bond motifs is 1. The molecule has 0 fully saturated rings. The number of carbonyl (C=O) groups is 1. The van der Waals surface area contributed by atoms with Gasteiger partial charge < -0.3 is 14.8 Å². The highest BCUT2D eigenvalue weighted by atomic mass is 16.5. The quantitative estimate of drug-likeness (QED) is 0.813. The third kappa shape index (κ3) is 1.93. The largest absolute Gasteiger partial charge is 0.363 e. The molecule has 1 aliphatic carbocycles. The maximum absolute atomic E-state index is 12.0. The fourth-order valence-electron chi connectivity index (χ4n) is 2.13. The van der Waals surface area contributed by atoms with E-state index in [1.165, 1.54) is 6.26 Å².